The number of methoxy groups -OCH3 is 1. The minimum absolute atomic E-state index is 0.351. The molecule has 0 aliphatic carbocycles. The number of anilines is 1. The van der Waals surface area contributed by atoms with Crippen LogP contribution in [0.5, 0.6) is 0 Å². The maximum atomic E-state index is 12.2. The van der Waals surface area contributed by atoms with Crippen LogP contribution in [0, 0.1) is 0 Å². The van der Waals surface area contributed by atoms with Crippen molar-refractivity contribution >= 4 is 40.6 Å². The third-order valence-electron chi connectivity index (χ3n) is 3.90. The molecule has 0 saturated heterocycles. The van der Waals surface area contributed by atoms with Crippen LogP contribution in [0.1, 0.15) is 20.9 Å². The molecule has 8 heteroatoms. The number of benzene rings is 1. The Labute approximate surface area is 165 Å². The fraction of sp³-hybridized carbons (Fsp3) is 0.158. The third-order valence-corrected chi connectivity index (χ3v) is 5.05. The molecule has 0 fully saturated rings. The lowest BCUT2D eigenvalue weighted by Crippen LogP contribution is -2.29. The highest BCUT2D eigenvalue weighted by atomic mass is 35.5. The number of carbonyl (C=O) groups is 2. The Kier molecular flexibility index (Phi) is 6.16. The number of hydrogen-bond acceptors (Lipinski definition) is 4. The number of halogens is 1. The van der Waals surface area contributed by atoms with Crippen molar-refractivity contribution in [2.75, 3.05) is 12.4 Å². The molecule has 140 valence electrons. The molecule has 0 radical (unpaired) electrons. The molecule has 2 heterocycles. The maximum absolute atomic E-state index is 12.2. The molecule has 0 saturated carbocycles. The van der Waals surface area contributed by atoms with Gasteiger partial charge in [0, 0.05) is 23.5 Å². The lowest BCUT2D eigenvalue weighted by Gasteiger charge is -2.11. The molecule has 27 heavy (non-hydrogen) atoms. The van der Waals surface area contributed by atoms with Crippen molar-refractivity contribution in [3.05, 3.63) is 75.2 Å². The molecule has 3 rings (SSSR count). The molecule has 6 nitrogen and oxygen atoms in total. The third kappa shape index (κ3) is 4.90. The summed E-state index contributed by atoms with van der Waals surface area (Å²) in [5, 5.41) is 7.90. The first-order chi connectivity index (χ1) is 13.1. The lowest BCUT2D eigenvalue weighted by molar-refractivity contribution is 0.0607. The summed E-state index contributed by atoms with van der Waals surface area (Å²) < 4.78 is 6.75. The molecular formula is C19H18ClN3O3S. The summed E-state index contributed by atoms with van der Waals surface area (Å²) in [4.78, 5) is 24.2. The Balaban J connectivity index is 1.58. The largest absolute Gasteiger partial charge is 0.465 e. The molecule has 0 atom stereocenters. The van der Waals surface area contributed by atoms with Gasteiger partial charge in [-0.3, -0.25) is 0 Å². The van der Waals surface area contributed by atoms with E-state index in [1.54, 1.807) is 11.4 Å². The first-order valence-corrected chi connectivity index (χ1v) is 9.41. The number of nitrogens with zero attached hydrogens (tertiary/aromatic N) is 1. The van der Waals surface area contributed by atoms with Crippen molar-refractivity contribution in [2.24, 2.45) is 0 Å². The van der Waals surface area contributed by atoms with Crippen LogP contribution in [0.3, 0.4) is 0 Å². The first kappa shape index (κ1) is 19.0. The summed E-state index contributed by atoms with van der Waals surface area (Å²) in [6.07, 6.45) is 1.96. The van der Waals surface area contributed by atoms with E-state index in [0.29, 0.717) is 28.7 Å². The quantitative estimate of drug-likeness (QED) is 0.600. The van der Waals surface area contributed by atoms with Gasteiger partial charge in [-0.05, 0) is 41.3 Å². The number of esters is 1. The summed E-state index contributed by atoms with van der Waals surface area (Å²) in [5.74, 6) is -0.475. The number of aromatic nitrogens is 1. The van der Waals surface area contributed by atoms with Gasteiger partial charge in [-0.1, -0.05) is 23.7 Å². The van der Waals surface area contributed by atoms with E-state index in [0.717, 1.165) is 11.3 Å². The molecule has 2 N–H and O–H groups in total. The van der Waals surface area contributed by atoms with E-state index in [-0.39, 0.29) is 0 Å². The molecule has 1 aromatic carbocycles. The molecule has 2 aromatic heterocycles. The second-order valence-corrected chi connectivity index (χ2v) is 7.07. The topological polar surface area (TPSA) is 72.4 Å². The van der Waals surface area contributed by atoms with Crippen molar-refractivity contribution in [1.82, 2.24) is 9.88 Å². The summed E-state index contributed by atoms with van der Waals surface area (Å²) in [6, 6.07) is 12.8. The van der Waals surface area contributed by atoms with Gasteiger partial charge >= 0.3 is 12.0 Å². The highest BCUT2D eigenvalue weighted by Crippen LogP contribution is 2.23. The van der Waals surface area contributed by atoms with E-state index in [1.165, 1.54) is 18.4 Å². The minimum atomic E-state index is -0.475. The highest BCUT2D eigenvalue weighted by molar-refractivity contribution is 7.12. The fourth-order valence-corrected chi connectivity index (χ4v) is 3.44. The maximum Gasteiger partial charge on any atom is 0.350 e. The zero-order chi connectivity index (χ0) is 19.2. The van der Waals surface area contributed by atoms with Gasteiger partial charge < -0.3 is 19.9 Å². The normalized spacial score (nSPS) is 10.4. The van der Waals surface area contributed by atoms with E-state index in [1.807, 2.05) is 47.2 Å². The Hall–Kier alpha value is -2.77. The van der Waals surface area contributed by atoms with E-state index in [9.17, 15) is 9.59 Å². The van der Waals surface area contributed by atoms with Crippen molar-refractivity contribution < 1.29 is 14.3 Å². The van der Waals surface area contributed by atoms with E-state index < -0.39 is 12.0 Å². The predicted molar refractivity (Wildman–Crippen MR) is 107 cm³/mol. The van der Waals surface area contributed by atoms with Crippen molar-refractivity contribution in [1.29, 1.82) is 0 Å². The number of urea groups is 1. The minimum Gasteiger partial charge on any atom is -0.465 e. The predicted octanol–water partition coefficient (Wildman–Crippen LogP) is 4.36. The van der Waals surface area contributed by atoms with Crippen LogP contribution >= 0.6 is 22.9 Å². The zero-order valence-corrected chi connectivity index (χ0v) is 16.1. The number of rotatable bonds is 6. The summed E-state index contributed by atoms with van der Waals surface area (Å²) in [5.41, 5.74) is 2.50. The molecule has 0 spiro atoms. The van der Waals surface area contributed by atoms with Gasteiger partial charge in [0.1, 0.15) is 4.88 Å². The highest BCUT2D eigenvalue weighted by Gasteiger charge is 2.15. The van der Waals surface area contributed by atoms with Gasteiger partial charge in [-0.15, -0.1) is 11.3 Å². The number of amides is 2. The Morgan fingerprint density at radius 2 is 1.96 bits per heavy atom. The van der Waals surface area contributed by atoms with Gasteiger partial charge in [0.2, 0.25) is 0 Å². The molecule has 0 unspecified atom stereocenters. The summed E-state index contributed by atoms with van der Waals surface area (Å²) in [6.45, 7) is 1.03. The molecule has 0 bridgehead atoms. The molecule has 2 amide bonds. The van der Waals surface area contributed by atoms with Crippen LogP contribution in [-0.4, -0.2) is 23.7 Å². The fourth-order valence-electron chi connectivity index (χ4n) is 2.55. The molecule has 3 aromatic rings. The van der Waals surface area contributed by atoms with Crippen molar-refractivity contribution in [3.8, 4) is 0 Å². The summed E-state index contributed by atoms with van der Waals surface area (Å²) >= 11 is 7.13. The van der Waals surface area contributed by atoms with Crippen LogP contribution < -0.4 is 10.6 Å². The second kappa shape index (κ2) is 8.75. The summed E-state index contributed by atoms with van der Waals surface area (Å²) in [7, 11) is 1.31. The van der Waals surface area contributed by atoms with Crippen LogP contribution in [0.2, 0.25) is 5.02 Å². The van der Waals surface area contributed by atoms with Gasteiger partial charge in [-0.2, -0.15) is 0 Å². The SMILES string of the molecule is COC(=O)c1sccc1NC(=O)NCc1cccn1Cc1ccc(Cl)cc1. The standard InChI is InChI=1S/C19H18ClN3O3S/c1-26-18(24)17-16(8-10-27-17)22-19(25)21-11-15-3-2-9-23(15)12-13-4-6-14(20)7-5-13/h2-10H,11-12H2,1H3,(H2,21,22,25). The Morgan fingerprint density at radius 3 is 2.70 bits per heavy atom. The first-order valence-electron chi connectivity index (χ1n) is 8.16. The molecule has 0 aliphatic rings. The van der Waals surface area contributed by atoms with Gasteiger partial charge in [0.25, 0.3) is 0 Å². The van der Waals surface area contributed by atoms with Crippen LogP contribution in [0.15, 0.2) is 54.0 Å². The van der Waals surface area contributed by atoms with E-state index in [4.69, 9.17) is 16.3 Å². The molecular weight excluding hydrogens is 386 g/mol. The average molecular weight is 404 g/mol. The van der Waals surface area contributed by atoms with Crippen LogP contribution in [-0.2, 0) is 17.8 Å². The van der Waals surface area contributed by atoms with E-state index >= 15 is 0 Å². The monoisotopic (exact) mass is 403 g/mol. The smallest absolute Gasteiger partial charge is 0.350 e. The van der Waals surface area contributed by atoms with Crippen molar-refractivity contribution in [2.45, 2.75) is 13.1 Å². The van der Waals surface area contributed by atoms with E-state index in [2.05, 4.69) is 10.6 Å². The number of nitrogens with one attached hydrogen (secondary N) is 2. The van der Waals surface area contributed by atoms with Crippen LogP contribution in [0.25, 0.3) is 0 Å². The van der Waals surface area contributed by atoms with Crippen molar-refractivity contribution in [3.63, 3.8) is 0 Å². The Bertz CT molecular complexity index is 934. The Morgan fingerprint density at radius 1 is 1.19 bits per heavy atom. The average Bonchev–Trinajstić information content (AvgIpc) is 3.30. The van der Waals surface area contributed by atoms with Crippen LogP contribution in [0.4, 0.5) is 10.5 Å². The van der Waals surface area contributed by atoms with Gasteiger partial charge in [0.15, 0.2) is 0 Å². The number of thiophene rings is 1. The van der Waals surface area contributed by atoms with Gasteiger partial charge in [0.05, 0.1) is 19.3 Å². The van der Waals surface area contributed by atoms with Gasteiger partial charge in [-0.25, -0.2) is 9.59 Å². The number of hydrogen-bond donors (Lipinski definition) is 2. The second-order valence-electron chi connectivity index (χ2n) is 5.72. The zero-order valence-electron chi connectivity index (χ0n) is 14.6. The lowest BCUT2D eigenvalue weighted by atomic mass is 10.2. The number of ether oxygens (including phenoxy) is 1. The molecule has 0 aliphatic heterocycles. The number of carbonyl (C=O) groups excluding carboxylic acids is 2.